The van der Waals surface area contributed by atoms with Crippen molar-refractivity contribution in [3.05, 3.63) is 92.6 Å². The maximum absolute atomic E-state index is 11.6. The van der Waals surface area contributed by atoms with E-state index < -0.39 is 0 Å². The summed E-state index contributed by atoms with van der Waals surface area (Å²) in [5, 5.41) is 15.1. The fourth-order valence-corrected chi connectivity index (χ4v) is 4.57. The monoisotopic (exact) mass is 432 g/mol. The van der Waals surface area contributed by atoms with Gasteiger partial charge in [0.2, 0.25) is 0 Å². The van der Waals surface area contributed by atoms with Gasteiger partial charge in [-0.25, -0.2) is 9.59 Å². The van der Waals surface area contributed by atoms with Gasteiger partial charge < -0.3 is 19.3 Å². The van der Waals surface area contributed by atoms with Gasteiger partial charge in [0, 0.05) is 41.5 Å². The summed E-state index contributed by atoms with van der Waals surface area (Å²) >= 11 is 0. The van der Waals surface area contributed by atoms with Gasteiger partial charge in [-0.15, -0.1) is 0 Å². The fourth-order valence-electron chi connectivity index (χ4n) is 4.57. The van der Waals surface area contributed by atoms with E-state index >= 15 is 0 Å². The standard InChI is InChI=1S/C25H24N2O5/c1-27-13-19(12-20(27)14-28)26-25(17-2-6-21-15(10-17)4-8-23(29)31-21)18-3-7-22-16(11-18)5-9-24(30)32-22/h2-11,19-20,25-26,28H,12-14H2,1H3/t19-,20+/m1/s1. The minimum atomic E-state index is -0.375. The lowest BCUT2D eigenvalue weighted by atomic mass is 9.95. The molecule has 5 rings (SSSR count). The third-order valence-electron chi connectivity index (χ3n) is 6.25. The molecular weight excluding hydrogens is 408 g/mol. The molecule has 164 valence electrons. The molecule has 7 heteroatoms. The Kier molecular flexibility index (Phi) is 5.38. The Labute approximate surface area is 183 Å². The largest absolute Gasteiger partial charge is 0.423 e. The number of likely N-dealkylation sites (N-methyl/N-ethyl adjacent to an activating group) is 1. The molecule has 0 amide bonds. The second kappa shape index (κ2) is 8.35. The Morgan fingerprint density at radius 3 is 2.00 bits per heavy atom. The molecule has 3 heterocycles. The first-order valence-electron chi connectivity index (χ1n) is 10.6. The lowest BCUT2D eigenvalue weighted by Crippen LogP contribution is -2.35. The van der Waals surface area contributed by atoms with Crippen LogP contribution in [0.3, 0.4) is 0 Å². The van der Waals surface area contributed by atoms with Crippen molar-refractivity contribution in [2.45, 2.75) is 24.5 Å². The zero-order valence-electron chi connectivity index (χ0n) is 17.7. The van der Waals surface area contributed by atoms with Gasteiger partial charge in [-0.3, -0.25) is 4.90 Å². The summed E-state index contributed by atoms with van der Waals surface area (Å²) in [6, 6.07) is 18.1. The van der Waals surface area contributed by atoms with Crippen LogP contribution in [0.1, 0.15) is 23.6 Å². The number of fused-ring (bicyclic) bond motifs is 2. The summed E-state index contributed by atoms with van der Waals surface area (Å²) in [5.74, 6) is 0. The fraction of sp³-hybridized carbons (Fsp3) is 0.280. The van der Waals surface area contributed by atoms with Gasteiger partial charge in [0.25, 0.3) is 0 Å². The van der Waals surface area contributed by atoms with E-state index in [1.807, 2.05) is 43.4 Å². The van der Waals surface area contributed by atoms with Gasteiger partial charge in [0.05, 0.1) is 12.6 Å². The molecular formula is C25H24N2O5. The number of likely N-dealkylation sites (tertiary alicyclic amines) is 1. The minimum absolute atomic E-state index is 0.128. The number of aliphatic hydroxyl groups excluding tert-OH is 1. The highest BCUT2D eigenvalue weighted by atomic mass is 16.4. The normalized spacial score (nSPS) is 19.3. The third-order valence-corrected chi connectivity index (χ3v) is 6.25. The molecule has 1 aliphatic heterocycles. The molecule has 0 radical (unpaired) electrons. The first kappa shape index (κ1) is 20.6. The van der Waals surface area contributed by atoms with Gasteiger partial charge in [0.1, 0.15) is 11.2 Å². The molecule has 0 spiro atoms. The number of rotatable bonds is 5. The van der Waals surface area contributed by atoms with Crippen LogP contribution in [0.25, 0.3) is 21.9 Å². The van der Waals surface area contributed by atoms with E-state index in [1.165, 1.54) is 12.1 Å². The smallest absolute Gasteiger partial charge is 0.336 e. The predicted octanol–water partition coefficient (Wildman–Crippen LogP) is 2.64. The van der Waals surface area contributed by atoms with Crippen LogP contribution < -0.4 is 16.6 Å². The topological polar surface area (TPSA) is 95.9 Å². The van der Waals surface area contributed by atoms with Crippen LogP contribution in [-0.4, -0.2) is 42.3 Å². The molecule has 2 aromatic heterocycles. The van der Waals surface area contributed by atoms with E-state index in [0.717, 1.165) is 34.9 Å². The molecule has 1 fully saturated rings. The second-order valence-electron chi connectivity index (χ2n) is 8.41. The van der Waals surface area contributed by atoms with Crippen LogP contribution in [0.15, 0.2) is 79.1 Å². The van der Waals surface area contributed by atoms with E-state index in [4.69, 9.17) is 8.83 Å². The van der Waals surface area contributed by atoms with Crippen molar-refractivity contribution in [1.82, 2.24) is 10.2 Å². The summed E-state index contributed by atoms with van der Waals surface area (Å²) in [4.78, 5) is 25.3. The van der Waals surface area contributed by atoms with Crippen LogP contribution in [0, 0.1) is 0 Å². The molecule has 1 aliphatic rings. The summed E-state index contributed by atoms with van der Waals surface area (Å²) in [7, 11) is 2.02. The predicted molar refractivity (Wildman–Crippen MR) is 122 cm³/mol. The van der Waals surface area contributed by atoms with Crippen molar-refractivity contribution in [3.8, 4) is 0 Å². The van der Waals surface area contributed by atoms with E-state index in [9.17, 15) is 14.7 Å². The molecule has 2 aromatic carbocycles. The van der Waals surface area contributed by atoms with Crippen molar-refractivity contribution in [3.63, 3.8) is 0 Å². The van der Waals surface area contributed by atoms with Crippen LogP contribution >= 0.6 is 0 Å². The van der Waals surface area contributed by atoms with Crippen molar-refractivity contribution in [1.29, 1.82) is 0 Å². The number of aliphatic hydroxyl groups is 1. The first-order chi connectivity index (χ1) is 15.5. The maximum atomic E-state index is 11.6. The number of nitrogens with zero attached hydrogens (tertiary/aromatic N) is 1. The van der Waals surface area contributed by atoms with Crippen LogP contribution in [0.4, 0.5) is 0 Å². The van der Waals surface area contributed by atoms with E-state index in [1.54, 1.807) is 12.1 Å². The summed E-state index contributed by atoms with van der Waals surface area (Å²) < 4.78 is 10.6. The van der Waals surface area contributed by atoms with E-state index in [2.05, 4.69) is 10.2 Å². The molecule has 1 saturated heterocycles. The SMILES string of the molecule is CN1C[C@H](NC(c2ccc3oc(=O)ccc3c2)c2ccc3oc(=O)ccc3c2)C[C@H]1CO. The van der Waals surface area contributed by atoms with E-state index in [-0.39, 0.29) is 36.0 Å². The highest BCUT2D eigenvalue weighted by Gasteiger charge is 2.31. The Morgan fingerprint density at radius 2 is 1.50 bits per heavy atom. The molecule has 0 bridgehead atoms. The van der Waals surface area contributed by atoms with Gasteiger partial charge in [-0.2, -0.15) is 0 Å². The van der Waals surface area contributed by atoms with Gasteiger partial charge in [-0.1, -0.05) is 12.1 Å². The van der Waals surface area contributed by atoms with Gasteiger partial charge in [0.15, 0.2) is 0 Å². The molecule has 0 unspecified atom stereocenters. The van der Waals surface area contributed by atoms with Gasteiger partial charge in [-0.05, 0) is 61.0 Å². The van der Waals surface area contributed by atoms with Crippen LogP contribution in [0.5, 0.6) is 0 Å². The number of benzene rings is 2. The molecule has 32 heavy (non-hydrogen) atoms. The molecule has 0 saturated carbocycles. The Balaban J connectivity index is 1.57. The zero-order valence-corrected chi connectivity index (χ0v) is 17.7. The Hall–Kier alpha value is -3.26. The highest BCUT2D eigenvalue weighted by Crippen LogP contribution is 2.29. The minimum Gasteiger partial charge on any atom is -0.423 e. The molecule has 2 N–H and O–H groups in total. The number of hydrogen-bond acceptors (Lipinski definition) is 7. The lowest BCUT2D eigenvalue weighted by Gasteiger charge is -2.24. The van der Waals surface area contributed by atoms with Gasteiger partial charge >= 0.3 is 11.3 Å². The molecule has 7 nitrogen and oxygen atoms in total. The van der Waals surface area contributed by atoms with E-state index in [0.29, 0.717) is 11.2 Å². The number of nitrogens with one attached hydrogen (secondary N) is 1. The van der Waals surface area contributed by atoms with Crippen LogP contribution in [-0.2, 0) is 0 Å². The first-order valence-corrected chi connectivity index (χ1v) is 10.6. The summed E-state index contributed by atoms with van der Waals surface area (Å²) in [6.07, 6.45) is 0.842. The number of hydrogen-bond donors (Lipinski definition) is 2. The van der Waals surface area contributed by atoms with Crippen molar-refractivity contribution in [2.24, 2.45) is 0 Å². The van der Waals surface area contributed by atoms with Crippen LogP contribution in [0.2, 0.25) is 0 Å². The second-order valence-corrected chi connectivity index (χ2v) is 8.41. The van der Waals surface area contributed by atoms with Crippen molar-refractivity contribution in [2.75, 3.05) is 20.2 Å². The molecule has 2 atom stereocenters. The van der Waals surface area contributed by atoms with Crippen molar-refractivity contribution >= 4 is 21.9 Å². The maximum Gasteiger partial charge on any atom is 0.336 e. The lowest BCUT2D eigenvalue weighted by molar-refractivity contribution is 0.182. The molecule has 4 aromatic rings. The highest BCUT2D eigenvalue weighted by molar-refractivity contribution is 5.79. The quantitative estimate of drug-likeness (QED) is 0.468. The Morgan fingerprint density at radius 1 is 0.938 bits per heavy atom. The average Bonchev–Trinajstić information content (AvgIpc) is 3.16. The average molecular weight is 432 g/mol. The summed E-state index contributed by atoms with van der Waals surface area (Å²) in [5.41, 5.74) is 2.39. The summed E-state index contributed by atoms with van der Waals surface area (Å²) in [6.45, 7) is 0.954. The Bertz CT molecular complexity index is 1300. The third kappa shape index (κ3) is 3.98. The zero-order chi connectivity index (χ0) is 22.2. The van der Waals surface area contributed by atoms with Crippen molar-refractivity contribution < 1.29 is 13.9 Å². The molecule has 0 aliphatic carbocycles.